The van der Waals surface area contributed by atoms with E-state index < -0.39 is 4.92 Å². The van der Waals surface area contributed by atoms with E-state index in [9.17, 15) is 10.1 Å². The summed E-state index contributed by atoms with van der Waals surface area (Å²) in [5.74, 6) is 0. The number of hydrogen-bond donors (Lipinski definition) is 2. The molecule has 0 heterocycles. The highest BCUT2D eigenvalue weighted by molar-refractivity contribution is 5.59. The van der Waals surface area contributed by atoms with Crippen LogP contribution in [0.1, 0.15) is 18.9 Å². The summed E-state index contributed by atoms with van der Waals surface area (Å²) in [5, 5.41) is 13.8. The Morgan fingerprint density at radius 1 is 1.53 bits per heavy atom. The zero-order valence-corrected chi connectivity index (χ0v) is 8.69. The quantitative estimate of drug-likeness (QED) is 0.334. The third kappa shape index (κ3) is 3.21. The van der Waals surface area contributed by atoms with Crippen LogP contribution < -0.4 is 11.1 Å². The lowest BCUT2D eigenvalue weighted by Crippen LogP contribution is -2.13. The number of nitrogens with one attached hydrogen (secondary N) is 1. The van der Waals surface area contributed by atoms with Gasteiger partial charge in [0, 0.05) is 12.6 Å². The Hall–Kier alpha value is -1.62. The summed E-state index contributed by atoms with van der Waals surface area (Å²) in [6, 6.07) is 4.88. The van der Waals surface area contributed by atoms with E-state index in [1.54, 1.807) is 12.1 Å². The average Bonchev–Trinajstić information content (AvgIpc) is 2.20. The van der Waals surface area contributed by atoms with Gasteiger partial charge < -0.3 is 11.1 Å². The van der Waals surface area contributed by atoms with E-state index in [0.29, 0.717) is 6.54 Å². The van der Waals surface area contributed by atoms with Crippen molar-refractivity contribution >= 4 is 11.4 Å². The predicted octanol–water partition coefficient (Wildman–Crippen LogP) is 1.68. The van der Waals surface area contributed by atoms with Gasteiger partial charge in [0.1, 0.15) is 5.69 Å². The smallest absolute Gasteiger partial charge is 0.292 e. The second-order valence-electron chi connectivity index (χ2n) is 3.33. The number of nitrogen functional groups attached to an aromatic ring is 1. The van der Waals surface area contributed by atoms with Crippen molar-refractivity contribution in [2.45, 2.75) is 19.9 Å². The summed E-state index contributed by atoms with van der Waals surface area (Å²) in [5.41, 5.74) is 6.55. The molecule has 0 aromatic heterocycles. The number of anilines is 1. The van der Waals surface area contributed by atoms with Crippen molar-refractivity contribution < 1.29 is 4.92 Å². The highest BCUT2D eigenvalue weighted by Crippen LogP contribution is 2.21. The second kappa shape index (κ2) is 5.31. The van der Waals surface area contributed by atoms with Crippen LogP contribution in [0.2, 0.25) is 0 Å². The van der Waals surface area contributed by atoms with E-state index in [1.807, 2.05) is 0 Å². The van der Waals surface area contributed by atoms with Gasteiger partial charge in [-0.2, -0.15) is 0 Å². The van der Waals surface area contributed by atoms with E-state index in [4.69, 9.17) is 5.73 Å². The van der Waals surface area contributed by atoms with Crippen molar-refractivity contribution in [3.05, 3.63) is 33.9 Å². The van der Waals surface area contributed by atoms with Crippen LogP contribution in [-0.2, 0) is 6.54 Å². The highest BCUT2D eigenvalue weighted by Gasteiger charge is 2.11. The van der Waals surface area contributed by atoms with Crippen LogP contribution in [0.5, 0.6) is 0 Å². The molecule has 0 bridgehead atoms. The van der Waals surface area contributed by atoms with Crippen molar-refractivity contribution in [2.24, 2.45) is 0 Å². The van der Waals surface area contributed by atoms with E-state index >= 15 is 0 Å². The molecule has 1 aromatic rings. The standard InChI is InChI=1S/C10H15N3O2/c1-2-5-12-7-8-3-4-9(11)10(6-8)13(14)15/h3-4,6,12H,2,5,7,11H2,1H3. The first-order valence-electron chi connectivity index (χ1n) is 4.88. The first-order valence-corrected chi connectivity index (χ1v) is 4.88. The topological polar surface area (TPSA) is 81.2 Å². The molecule has 0 radical (unpaired) electrons. The Balaban J connectivity index is 2.74. The molecule has 0 aliphatic heterocycles. The molecule has 0 saturated carbocycles. The molecule has 1 aromatic carbocycles. The molecule has 0 atom stereocenters. The fraction of sp³-hybridized carbons (Fsp3) is 0.400. The van der Waals surface area contributed by atoms with Gasteiger partial charge in [0.05, 0.1) is 4.92 Å². The number of rotatable bonds is 5. The molecule has 15 heavy (non-hydrogen) atoms. The fourth-order valence-corrected chi connectivity index (χ4v) is 1.27. The van der Waals surface area contributed by atoms with Crippen LogP contribution in [0.3, 0.4) is 0 Å². The number of nitro benzene ring substituents is 1. The predicted molar refractivity (Wildman–Crippen MR) is 59.5 cm³/mol. The van der Waals surface area contributed by atoms with Gasteiger partial charge in [0.15, 0.2) is 0 Å². The zero-order chi connectivity index (χ0) is 11.3. The maximum Gasteiger partial charge on any atom is 0.292 e. The Kier molecular flexibility index (Phi) is 4.05. The number of nitrogens with two attached hydrogens (primary N) is 1. The normalized spacial score (nSPS) is 10.2. The van der Waals surface area contributed by atoms with Crippen LogP contribution in [0.25, 0.3) is 0 Å². The maximum absolute atomic E-state index is 10.6. The minimum Gasteiger partial charge on any atom is -0.393 e. The maximum atomic E-state index is 10.6. The SMILES string of the molecule is CCCNCc1ccc(N)c([N+](=O)[O-])c1. The van der Waals surface area contributed by atoms with Crippen LogP contribution >= 0.6 is 0 Å². The van der Waals surface area contributed by atoms with Gasteiger partial charge in [-0.25, -0.2) is 0 Å². The third-order valence-corrected chi connectivity index (χ3v) is 2.05. The Bertz CT molecular complexity index is 353. The van der Waals surface area contributed by atoms with Gasteiger partial charge in [0.2, 0.25) is 0 Å². The summed E-state index contributed by atoms with van der Waals surface area (Å²) >= 11 is 0. The second-order valence-corrected chi connectivity index (χ2v) is 3.33. The molecule has 0 aliphatic rings. The number of nitro groups is 1. The van der Waals surface area contributed by atoms with Gasteiger partial charge in [-0.1, -0.05) is 13.0 Å². The molecule has 3 N–H and O–H groups in total. The van der Waals surface area contributed by atoms with Crippen molar-refractivity contribution in [1.29, 1.82) is 0 Å². The Morgan fingerprint density at radius 3 is 2.87 bits per heavy atom. The molecule has 0 saturated heterocycles. The van der Waals surface area contributed by atoms with Gasteiger partial charge in [0.25, 0.3) is 5.69 Å². The fourth-order valence-electron chi connectivity index (χ4n) is 1.27. The molecular weight excluding hydrogens is 194 g/mol. The lowest BCUT2D eigenvalue weighted by Gasteiger charge is -2.04. The van der Waals surface area contributed by atoms with E-state index in [2.05, 4.69) is 12.2 Å². The first kappa shape index (κ1) is 11.5. The summed E-state index contributed by atoms with van der Waals surface area (Å²) in [6.07, 6.45) is 1.04. The molecule has 0 aliphatic carbocycles. The van der Waals surface area contributed by atoms with Crippen LogP contribution in [0, 0.1) is 10.1 Å². The van der Waals surface area contributed by atoms with Gasteiger partial charge in [-0.3, -0.25) is 10.1 Å². The van der Waals surface area contributed by atoms with Gasteiger partial charge in [-0.05, 0) is 24.6 Å². The van der Waals surface area contributed by atoms with Crippen molar-refractivity contribution in [3.63, 3.8) is 0 Å². The zero-order valence-electron chi connectivity index (χ0n) is 8.69. The summed E-state index contributed by atoms with van der Waals surface area (Å²) in [4.78, 5) is 10.1. The van der Waals surface area contributed by atoms with Crippen molar-refractivity contribution in [2.75, 3.05) is 12.3 Å². The van der Waals surface area contributed by atoms with Crippen molar-refractivity contribution in [3.8, 4) is 0 Å². The van der Waals surface area contributed by atoms with Gasteiger partial charge in [-0.15, -0.1) is 0 Å². The minimum atomic E-state index is -0.460. The number of hydrogen-bond acceptors (Lipinski definition) is 4. The van der Waals surface area contributed by atoms with E-state index in [-0.39, 0.29) is 11.4 Å². The third-order valence-electron chi connectivity index (χ3n) is 2.05. The number of benzene rings is 1. The lowest BCUT2D eigenvalue weighted by atomic mass is 10.1. The minimum absolute atomic E-state index is 0.0224. The average molecular weight is 209 g/mol. The van der Waals surface area contributed by atoms with Crippen molar-refractivity contribution in [1.82, 2.24) is 5.32 Å². The molecular formula is C10H15N3O2. The largest absolute Gasteiger partial charge is 0.393 e. The van der Waals surface area contributed by atoms with Gasteiger partial charge >= 0.3 is 0 Å². The highest BCUT2D eigenvalue weighted by atomic mass is 16.6. The summed E-state index contributed by atoms with van der Waals surface area (Å²) in [6.45, 7) is 3.60. The molecule has 0 spiro atoms. The van der Waals surface area contributed by atoms with Crippen LogP contribution in [-0.4, -0.2) is 11.5 Å². The summed E-state index contributed by atoms with van der Waals surface area (Å²) < 4.78 is 0. The monoisotopic (exact) mass is 209 g/mol. The molecule has 82 valence electrons. The van der Waals surface area contributed by atoms with Crippen LogP contribution in [0.4, 0.5) is 11.4 Å². The molecule has 0 unspecified atom stereocenters. The first-order chi connectivity index (χ1) is 7.15. The molecule has 0 amide bonds. The lowest BCUT2D eigenvalue weighted by molar-refractivity contribution is -0.384. The van der Waals surface area contributed by atoms with E-state index in [0.717, 1.165) is 18.5 Å². The van der Waals surface area contributed by atoms with Crippen LogP contribution in [0.15, 0.2) is 18.2 Å². The molecule has 5 nitrogen and oxygen atoms in total. The molecule has 1 rings (SSSR count). The Labute approximate surface area is 88.4 Å². The molecule has 0 fully saturated rings. The van der Waals surface area contributed by atoms with E-state index in [1.165, 1.54) is 6.07 Å². The molecule has 5 heteroatoms. The Morgan fingerprint density at radius 2 is 2.27 bits per heavy atom. The number of nitrogens with zero attached hydrogens (tertiary/aromatic N) is 1. The summed E-state index contributed by atoms with van der Waals surface area (Å²) in [7, 11) is 0.